The molecule has 4 heteroatoms. The van der Waals surface area contributed by atoms with Gasteiger partial charge in [0.05, 0.1) is 26.6 Å². The predicted octanol–water partition coefficient (Wildman–Crippen LogP) is 4.17. The van der Waals surface area contributed by atoms with Crippen LogP contribution in [0.3, 0.4) is 0 Å². The van der Waals surface area contributed by atoms with E-state index in [2.05, 4.69) is 37.8 Å². The summed E-state index contributed by atoms with van der Waals surface area (Å²) < 4.78 is 1.20. The molecule has 0 aliphatic carbocycles. The van der Waals surface area contributed by atoms with Crippen molar-refractivity contribution in [2.45, 2.75) is 45.4 Å². The van der Waals surface area contributed by atoms with E-state index in [0.717, 1.165) is 24.3 Å². The smallest absolute Gasteiger partial charge is 0.0992 e. The summed E-state index contributed by atoms with van der Waals surface area (Å²) in [5.74, 6) is 0. The van der Waals surface area contributed by atoms with Crippen LogP contribution in [0.1, 0.15) is 45.0 Å². The molecular weight excluding hydrogens is 266 g/mol. The zero-order valence-corrected chi connectivity index (χ0v) is 13.4. The minimum absolute atomic E-state index is 0.101. The molecule has 0 bridgehead atoms. The van der Waals surface area contributed by atoms with Gasteiger partial charge in [-0.05, 0) is 31.4 Å². The monoisotopic (exact) mass is 289 g/mol. The minimum atomic E-state index is 0.101. The molecule has 1 aromatic carbocycles. The first-order chi connectivity index (χ1) is 9.45. The van der Waals surface area contributed by atoms with Crippen LogP contribution >= 0.6 is 11.3 Å². The molecule has 1 fully saturated rings. The molecular formula is C16H23N3S. The van der Waals surface area contributed by atoms with Gasteiger partial charge in [-0.1, -0.05) is 20.8 Å². The van der Waals surface area contributed by atoms with E-state index in [-0.39, 0.29) is 5.41 Å². The fourth-order valence-electron chi connectivity index (χ4n) is 2.71. The standard InChI is InChI=1S/C16H23N3S/c1-16(2,3)15-18-12-10-13(11(17)9-14(12)20-15)19-7-5-4-6-8-19/h9-10H,4-8,17H2,1-3H3. The minimum Gasteiger partial charge on any atom is -0.397 e. The van der Waals surface area contributed by atoms with Crippen LogP contribution in [0.4, 0.5) is 11.4 Å². The summed E-state index contributed by atoms with van der Waals surface area (Å²) in [7, 11) is 0. The summed E-state index contributed by atoms with van der Waals surface area (Å²) in [5.41, 5.74) is 9.53. The quantitative estimate of drug-likeness (QED) is 0.801. The third kappa shape index (κ3) is 2.49. The summed E-state index contributed by atoms with van der Waals surface area (Å²) in [4.78, 5) is 7.23. The third-order valence-electron chi connectivity index (χ3n) is 3.88. The maximum absolute atomic E-state index is 6.27. The normalized spacial score (nSPS) is 16.9. The molecule has 2 heterocycles. The van der Waals surface area contributed by atoms with Gasteiger partial charge >= 0.3 is 0 Å². The zero-order chi connectivity index (χ0) is 14.3. The van der Waals surface area contributed by atoms with Crippen LogP contribution in [0.5, 0.6) is 0 Å². The molecule has 3 rings (SSSR count). The van der Waals surface area contributed by atoms with Crippen LogP contribution in [0.15, 0.2) is 12.1 Å². The molecule has 0 unspecified atom stereocenters. The number of rotatable bonds is 1. The van der Waals surface area contributed by atoms with Crippen LogP contribution in [0, 0.1) is 0 Å². The Morgan fingerprint density at radius 1 is 1.15 bits per heavy atom. The maximum atomic E-state index is 6.27. The van der Waals surface area contributed by atoms with Gasteiger partial charge in [0.1, 0.15) is 0 Å². The van der Waals surface area contributed by atoms with Crippen LogP contribution < -0.4 is 10.6 Å². The number of anilines is 2. The van der Waals surface area contributed by atoms with Crippen molar-refractivity contribution in [3.63, 3.8) is 0 Å². The third-order valence-corrected chi connectivity index (χ3v) is 5.32. The second-order valence-corrected chi connectivity index (χ2v) is 7.73. The van der Waals surface area contributed by atoms with Crippen molar-refractivity contribution in [2.24, 2.45) is 0 Å². The van der Waals surface area contributed by atoms with Crippen molar-refractivity contribution in [2.75, 3.05) is 23.7 Å². The molecule has 0 radical (unpaired) electrons. The number of thiazole rings is 1. The number of benzene rings is 1. The molecule has 1 aliphatic rings. The molecule has 1 aromatic heterocycles. The number of aromatic nitrogens is 1. The Morgan fingerprint density at radius 2 is 1.85 bits per heavy atom. The highest BCUT2D eigenvalue weighted by Crippen LogP contribution is 2.36. The lowest BCUT2D eigenvalue weighted by molar-refractivity contribution is 0.578. The van der Waals surface area contributed by atoms with E-state index < -0.39 is 0 Å². The molecule has 0 amide bonds. The number of hydrogen-bond acceptors (Lipinski definition) is 4. The van der Waals surface area contributed by atoms with E-state index in [1.54, 1.807) is 11.3 Å². The topological polar surface area (TPSA) is 42.2 Å². The second-order valence-electron chi connectivity index (χ2n) is 6.70. The average Bonchev–Trinajstić information content (AvgIpc) is 2.81. The Kier molecular flexibility index (Phi) is 3.36. The van der Waals surface area contributed by atoms with Gasteiger partial charge in [0.2, 0.25) is 0 Å². The zero-order valence-electron chi connectivity index (χ0n) is 12.6. The van der Waals surface area contributed by atoms with Crippen LogP contribution in [0.25, 0.3) is 10.2 Å². The molecule has 3 nitrogen and oxygen atoms in total. The van der Waals surface area contributed by atoms with Gasteiger partial charge < -0.3 is 10.6 Å². The Hall–Kier alpha value is -1.29. The molecule has 0 spiro atoms. The van der Waals surface area contributed by atoms with Crippen LogP contribution in [0.2, 0.25) is 0 Å². The van der Waals surface area contributed by atoms with Crippen LogP contribution in [-0.4, -0.2) is 18.1 Å². The number of piperidine rings is 1. The lowest BCUT2D eigenvalue weighted by Crippen LogP contribution is -2.29. The lowest BCUT2D eigenvalue weighted by atomic mass is 9.98. The Morgan fingerprint density at radius 3 is 2.50 bits per heavy atom. The van der Waals surface area contributed by atoms with E-state index >= 15 is 0 Å². The van der Waals surface area contributed by atoms with E-state index in [0.29, 0.717) is 0 Å². The summed E-state index contributed by atoms with van der Waals surface area (Å²) >= 11 is 1.76. The highest BCUT2D eigenvalue weighted by Gasteiger charge is 2.20. The highest BCUT2D eigenvalue weighted by atomic mass is 32.1. The number of nitrogens with zero attached hydrogens (tertiary/aromatic N) is 2. The van der Waals surface area contributed by atoms with Gasteiger partial charge in [-0.25, -0.2) is 4.98 Å². The van der Waals surface area contributed by atoms with Gasteiger partial charge in [-0.3, -0.25) is 0 Å². The summed E-state index contributed by atoms with van der Waals surface area (Å²) in [6.45, 7) is 8.86. The first kappa shape index (κ1) is 13.7. The van der Waals surface area contributed by atoms with Gasteiger partial charge in [0.25, 0.3) is 0 Å². The van der Waals surface area contributed by atoms with Crippen molar-refractivity contribution in [3.05, 3.63) is 17.1 Å². The molecule has 2 N–H and O–H groups in total. The number of fused-ring (bicyclic) bond motifs is 1. The summed E-state index contributed by atoms with van der Waals surface area (Å²) in [5, 5.41) is 1.18. The number of nitrogen functional groups attached to an aromatic ring is 1. The van der Waals surface area contributed by atoms with Gasteiger partial charge in [0.15, 0.2) is 0 Å². The van der Waals surface area contributed by atoms with Gasteiger partial charge in [-0.15, -0.1) is 11.3 Å². The van der Waals surface area contributed by atoms with Crippen LogP contribution in [-0.2, 0) is 5.41 Å². The second kappa shape index (κ2) is 4.92. The Balaban J connectivity index is 2.04. The molecule has 1 aliphatic heterocycles. The highest BCUT2D eigenvalue weighted by molar-refractivity contribution is 7.18. The lowest BCUT2D eigenvalue weighted by Gasteiger charge is -2.29. The fourth-order valence-corrected chi connectivity index (χ4v) is 3.76. The average molecular weight is 289 g/mol. The first-order valence-electron chi connectivity index (χ1n) is 7.40. The van der Waals surface area contributed by atoms with E-state index in [9.17, 15) is 0 Å². The molecule has 0 atom stereocenters. The first-order valence-corrected chi connectivity index (χ1v) is 8.22. The number of nitrogens with two attached hydrogens (primary N) is 1. The van der Waals surface area contributed by atoms with Gasteiger partial charge in [-0.2, -0.15) is 0 Å². The summed E-state index contributed by atoms with van der Waals surface area (Å²) in [6, 6.07) is 4.29. The predicted molar refractivity (Wildman–Crippen MR) is 88.8 cm³/mol. The van der Waals surface area contributed by atoms with Crippen molar-refractivity contribution < 1.29 is 0 Å². The fraction of sp³-hybridized carbons (Fsp3) is 0.562. The van der Waals surface area contributed by atoms with E-state index in [1.807, 2.05) is 0 Å². The van der Waals surface area contributed by atoms with Crippen molar-refractivity contribution in [3.8, 4) is 0 Å². The Bertz CT molecular complexity index is 618. The SMILES string of the molecule is CC(C)(C)c1nc2cc(N3CCCCC3)c(N)cc2s1. The number of hydrogen-bond donors (Lipinski definition) is 1. The van der Waals surface area contributed by atoms with Crippen molar-refractivity contribution >= 4 is 32.9 Å². The van der Waals surface area contributed by atoms with E-state index in [4.69, 9.17) is 10.7 Å². The molecule has 108 valence electrons. The van der Waals surface area contributed by atoms with Gasteiger partial charge in [0, 0.05) is 18.5 Å². The Labute approximate surface area is 124 Å². The van der Waals surface area contributed by atoms with E-state index in [1.165, 1.54) is 34.7 Å². The molecule has 1 saturated heterocycles. The largest absolute Gasteiger partial charge is 0.397 e. The summed E-state index contributed by atoms with van der Waals surface area (Å²) in [6.07, 6.45) is 3.87. The maximum Gasteiger partial charge on any atom is 0.0992 e. The van der Waals surface area contributed by atoms with Crippen molar-refractivity contribution in [1.29, 1.82) is 0 Å². The molecule has 2 aromatic rings. The van der Waals surface area contributed by atoms with Crippen molar-refractivity contribution in [1.82, 2.24) is 4.98 Å². The molecule has 0 saturated carbocycles. The molecule has 20 heavy (non-hydrogen) atoms.